The zero-order valence-corrected chi connectivity index (χ0v) is 13.0. The van der Waals surface area contributed by atoms with Crippen LogP contribution in [0.2, 0.25) is 10.0 Å². The molecule has 0 saturated heterocycles. The fourth-order valence-corrected chi connectivity index (χ4v) is 2.26. The Morgan fingerprint density at radius 3 is 2.29 bits per heavy atom. The van der Waals surface area contributed by atoms with Gasteiger partial charge in [-0.25, -0.2) is 0 Å². The Morgan fingerprint density at radius 2 is 1.86 bits per heavy atom. The minimum atomic E-state index is -3.04. The molecule has 118 valence electrons. The van der Waals surface area contributed by atoms with Crippen molar-refractivity contribution < 1.29 is 18.3 Å². The summed E-state index contributed by atoms with van der Waals surface area (Å²) in [5.41, 5.74) is 6.00. The van der Waals surface area contributed by atoms with Gasteiger partial charge < -0.3 is 15.8 Å². The SMILES string of the molecule is CC(C)C[C@H](N)C(=O)Nc1cc(Cl)c(OC(F)F)c(Cl)c1. The van der Waals surface area contributed by atoms with Gasteiger partial charge in [-0.15, -0.1) is 0 Å². The highest BCUT2D eigenvalue weighted by atomic mass is 35.5. The molecule has 0 bridgehead atoms. The molecule has 1 aromatic rings. The van der Waals surface area contributed by atoms with Crippen LogP contribution in [0, 0.1) is 5.92 Å². The van der Waals surface area contributed by atoms with E-state index in [1.807, 2.05) is 13.8 Å². The number of halogens is 4. The highest BCUT2D eigenvalue weighted by Gasteiger charge is 2.18. The first-order valence-electron chi connectivity index (χ1n) is 6.21. The van der Waals surface area contributed by atoms with E-state index in [4.69, 9.17) is 28.9 Å². The molecule has 1 amide bonds. The number of anilines is 1. The van der Waals surface area contributed by atoms with E-state index in [0.29, 0.717) is 6.42 Å². The van der Waals surface area contributed by atoms with Crippen molar-refractivity contribution in [3.05, 3.63) is 22.2 Å². The molecule has 1 atom stereocenters. The van der Waals surface area contributed by atoms with Crippen LogP contribution in [-0.2, 0) is 4.79 Å². The summed E-state index contributed by atoms with van der Waals surface area (Å²) in [4.78, 5) is 11.9. The highest BCUT2D eigenvalue weighted by Crippen LogP contribution is 2.37. The molecule has 3 N–H and O–H groups in total. The molecular weight excluding hydrogens is 325 g/mol. The lowest BCUT2D eigenvalue weighted by Gasteiger charge is -2.15. The maximum Gasteiger partial charge on any atom is 0.387 e. The summed E-state index contributed by atoms with van der Waals surface area (Å²) in [6.07, 6.45) is 0.514. The quantitative estimate of drug-likeness (QED) is 0.825. The van der Waals surface area contributed by atoms with Gasteiger partial charge in [0.1, 0.15) is 0 Å². The van der Waals surface area contributed by atoms with E-state index >= 15 is 0 Å². The number of ether oxygens (including phenoxy) is 1. The van der Waals surface area contributed by atoms with E-state index in [1.165, 1.54) is 12.1 Å². The number of amides is 1. The van der Waals surface area contributed by atoms with Gasteiger partial charge in [0.05, 0.1) is 16.1 Å². The van der Waals surface area contributed by atoms with Crippen molar-refractivity contribution in [1.82, 2.24) is 0 Å². The number of carbonyl (C=O) groups is 1. The van der Waals surface area contributed by atoms with Gasteiger partial charge in [0.15, 0.2) is 5.75 Å². The number of rotatable bonds is 6. The van der Waals surface area contributed by atoms with Crippen molar-refractivity contribution in [3.63, 3.8) is 0 Å². The molecule has 0 unspecified atom stereocenters. The molecule has 0 heterocycles. The monoisotopic (exact) mass is 340 g/mol. The van der Waals surface area contributed by atoms with Crippen LogP contribution in [0.15, 0.2) is 12.1 Å². The van der Waals surface area contributed by atoms with Crippen LogP contribution in [0.1, 0.15) is 20.3 Å². The molecule has 0 aliphatic rings. The maximum atomic E-state index is 12.2. The Morgan fingerprint density at radius 1 is 1.33 bits per heavy atom. The first-order chi connectivity index (χ1) is 9.70. The average molecular weight is 341 g/mol. The summed E-state index contributed by atoms with van der Waals surface area (Å²) >= 11 is 11.6. The van der Waals surface area contributed by atoms with Crippen molar-refractivity contribution in [3.8, 4) is 5.75 Å². The predicted molar refractivity (Wildman–Crippen MR) is 79.2 cm³/mol. The Bertz CT molecular complexity index is 490. The molecule has 8 heteroatoms. The average Bonchev–Trinajstić information content (AvgIpc) is 2.32. The number of carbonyl (C=O) groups excluding carboxylic acids is 1. The molecule has 1 aromatic carbocycles. The van der Waals surface area contributed by atoms with Gasteiger partial charge in [0.2, 0.25) is 5.91 Å². The van der Waals surface area contributed by atoms with E-state index in [1.54, 1.807) is 0 Å². The van der Waals surface area contributed by atoms with Crippen molar-refractivity contribution in [2.75, 3.05) is 5.32 Å². The summed E-state index contributed by atoms with van der Waals surface area (Å²) in [6.45, 7) is 0.842. The van der Waals surface area contributed by atoms with E-state index in [2.05, 4.69) is 10.1 Å². The minimum Gasteiger partial charge on any atom is -0.432 e. The topological polar surface area (TPSA) is 64.4 Å². The standard InChI is InChI=1S/C13H16Cl2F2N2O2/c1-6(2)3-10(18)12(20)19-7-4-8(14)11(9(15)5-7)21-13(16)17/h4-6,10,13H,3,18H2,1-2H3,(H,19,20)/t10-/m0/s1. The summed E-state index contributed by atoms with van der Waals surface area (Å²) in [5, 5.41) is 2.28. The largest absolute Gasteiger partial charge is 0.432 e. The fourth-order valence-electron chi connectivity index (χ4n) is 1.68. The van der Waals surface area contributed by atoms with E-state index in [0.717, 1.165) is 0 Å². The Balaban J connectivity index is 2.84. The van der Waals surface area contributed by atoms with Crippen LogP contribution in [-0.4, -0.2) is 18.6 Å². The van der Waals surface area contributed by atoms with Crippen LogP contribution in [0.4, 0.5) is 14.5 Å². The van der Waals surface area contributed by atoms with Crippen molar-refractivity contribution in [2.24, 2.45) is 11.7 Å². The molecular formula is C13H16Cl2F2N2O2. The predicted octanol–water partition coefficient (Wildman–Crippen LogP) is 3.91. The van der Waals surface area contributed by atoms with Crippen molar-refractivity contribution >= 4 is 34.8 Å². The fraction of sp³-hybridized carbons (Fsp3) is 0.462. The summed E-state index contributed by atoms with van der Waals surface area (Å²) < 4.78 is 28.6. The van der Waals surface area contributed by atoms with Gasteiger partial charge in [-0.1, -0.05) is 37.0 Å². The molecule has 0 aliphatic carbocycles. The lowest BCUT2D eigenvalue weighted by molar-refractivity contribution is -0.117. The molecule has 1 rings (SSSR count). The lowest BCUT2D eigenvalue weighted by atomic mass is 10.0. The van der Waals surface area contributed by atoms with Crippen LogP contribution < -0.4 is 15.8 Å². The number of nitrogens with two attached hydrogens (primary N) is 1. The molecule has 0 aliphatic heterocycles. The van der Waals surface area contributed by atoms with Gasteiger partial charge in [-0.2, -0.15) is 8.78 Å². The Labute approximate surface area is 131 Å². The third-order valence-corrected chi connectivity index (χ3v) is 3.10. The third kappa shape index (κ3) is 5.65. The van der Waals surface area contributed by atoms with E-state index < -0.39 is 18.6 Å². The van der Waals surface area contributed by atoms with Gasteiger partial charge in [0, 0.05) is 5.69 Å². The van der Waals surface area contributed by atoms with Gasteiger partial charge >= 0.3 is 6.61 Å². The van der Waals surface area contributed by atoms with E-state index in [9.17, 15) is 13.6 Å². The second-order valence-corrected chi connectivity index (χ2v) is 5.69. The minimum absolute atomic E-state index is 0.129. The van der Waals surface area contributed by atoms with Crippen molar-refractivity contribution in [1.29, 1.82) is 0 Å². The zero-order chi connectivity index (χ0) is 16.2. The van der Waals surface area contributed by atoms with Crippen molar-refractivity contribution in [2.45, 2.75) is 32.9 Å². The summed E-state index contributed by atoms with van der Waals surface area (Å²) in [5.74, 6) is -0.476. The van der Waals surface area contributed by atoms with Crippen LogP contribution in [0.5, 0.6) is 5.75 Å². The number of hydrogen-bond acceptors (Lipinski definition) is 3. The number of nitrogens with one attached hydrogen (secondary N) is 1. The number of alkyl halides is 2. The van der Waals surface area contributed by atoms with Gasteiger partial charge in [0.25, 0.3) is 0 Å². The molecule has 4 nitrogen and oxygen atoms in total. The molecule has 0 fully saturated rings. The summed E-state index contributed by atoms with van der Waals surface area (Å²) in [7, 11) is 0. The van der Waals surface area contributed by atoms with Gasteiger partial charge in [-0.3, -0.25) is 4.79 Å². The smallest absolute Gasteiger partial charge is 0.387 e. The second kappa shape index (κ2) is 7.77. The number of hydrogen-bond donors (Lipinski definition) is 2. The second-order valence-electron chi connectivity index (χ2n) is 4.87. The molecule has 21 heavy (non-hydrogen) atoms. The maximum absolute atomic E-state index is 12.2. The van der Waals surface area contributed by atoms with Crippen LogP contribution in [0.3, 0.4) is 0 Å². The summed E-state index contributed by atoms with van der Waals surface area (Å²) in [6, 6.07) is 1.86. The Hall–Kier alpha value is -1.11. The number of benzene rings is 1. The molecule has 0 radical (unpaired) electrons. The molecule has 0 aromatic heterocycles. The zero-order valence-electron chi connectivity index (χ0n) is 11.5. The van der Waals surface area contributed by atoms with E-state index in [-0.39, 0.29) is 27.4 Å². The van der Waals surface area contributed by atoms with Crippen LogP contribution in [0.25, 0.3) is 0 Å². The normalized spacial score (nSPS) is 12.6. The molecule has 0 saturated carbocycles. The lowest BCUT2D eigenvalue weighted by Crippen LogP contribution is -2.36. The third-order valence-electron chi connectivity index (χ3n) is 2.53. The highest BCUT2D eigenvalue weighted by molar-refractivity contribution is 6.37. The Kier molecular flexibility index (Phi) is 6.64. The first-order valence-corrected chi connectivity index (χ1v) is 6.96. The van der Waals surface area contributed by atoms with Gasteiger partial charge in [-0.05, 0) is 24.5 Å². The molecule has 0 spiro atoms. The first kappa shape index (κ1) is 17.9. The van der Waals surface area contributed by atoms with Crippen LogP contribution >= 0.6 is 23.2 Å².